The van der Waals surface area contributed by atoms with E-state index in [1.165, 1.54) is 32.0 Å². The summed E-state index contributed by atoms with van der Waals surface area (Å²) < 4.78 is 39.0. The number of nitrogen functional groups attached to an aromatic ring is 1. The third-order valence-electron chi connectivity index (χ3n) is 5.72. The van der Waals surface area contributed by atoms with Gasteiger partial charge in [-0.25, -0.2) is 4.98 Å². The smallest absolute Gasteiger partial charge is 0.398 e. The van der Waals surface area contributed by atoms with Gasteiger partial charge >= 0.3 is 6.18 Å². The number of aldehydes is 1. The molecule has 0 bridgehead atoms. The van der Waals surface area contributed by atoms with Gasteiger partial charge in [0.05, 0.1) is 18.2 Å². The first-order valence-electron chi connectivity index (χ1n) is 11.1. The summed E-state index contributed by atoms with van der Waals surface area (Å²) in [5, 5.41) is 13.1. The van der Waals surface area contributed by atoms with Crippen molar-refractivity contribution in [3.05, 3.63) is 52.8 Å². The second kappa shape index (κ2) is 10.5. The Bertz CT molecular complexity index is 1100. The van der Waals surface area contributed by atoms with Crippen LogP contribution in [0.1, 0.15) is 54.0 Å². The summed E-state index contributed by atoms with van der Waals surface area (Å²) in [5.41, 5.74) is 4.44. The Balaban J connectivity index is 1.86. The van der Waals surface area contributed by atoms with Gasteiger partial charge in [-0.15, -0.1) is 0 Å². The van der Waals surface area contributed by atoms with Crippen molar-refractivity contribution in [3.63, 3.8) is 0 Å². The number of piperidine rings is 1. The lowest BCUT2D eigenvalue weighted by atomic mass is 9.94. The van der Waals surface area contributed by atoms with Gasteiger partial charge in [-0.1, -0.05) is 6.07 Å². The van der Waals surface area contributed by atoms with Gasteiger partial charge in [-0.05, 0) is 51.0 Å². The van der Waals surface area contributed by atoms with Gasteiger partial charge in [-0.3, -0.25) is 14.7 Å². The van der Waals surface area contributed by atoms with Gasteiger partial charge in [0.2, 0.25) is 0 Å². The van der Waals surface area contributed by atoms with Gasteiger partial charge in [0.25, 0.3) is 5.91 Å². The number of aliphatic hydroxyl groups is 1. The highest BCUT2D eigenvalue weighted by atomic mass is 19.4. The molecule has 1 fully saturated rings. The molecular weight excluding hydrogens is 463 g/mol. The Morgan fingerprint density at radius 3 is 2.57 bits per heavy atom. The van der Waals surface area contributed by atoms with Crippen LogP contribution >= 0.6 is 0 Å². The predicted octanol–water partition coefficient (Wildman–Crippen LogP) is 3.24. The summed E-state index contributed by atoms with van der Waals surface area (Å²) in [6, 6.07) is 6.12. The summed E-state index contributed by atoms with van der Waals surface area (Å²) in [6.07, 6.45) is -0.683. The number of aromatic nitrogens is 1. The molecule has 2 heterocycles. The largest absolute Gasteiger partial charge is 0.433 e. The zero-order valence-corrected chi connectivity index (χ0v) is 19.5. The number of hydrogen-bond acceptors (Lipinski definition) is 7. The second-order valence-corrected chi connectivity index (χ2v) is 8.92. The molecule has 35 heavy (non-hydrogen) atoms. The van der Waals surface area contributed by atoms with E-state index in [0.717, 1.165) is 44.4 Å². The molecule has 2 aromatic rings. The SMILES string of the molecule is CC(C)(O)c1cc(N)c(C=NC2CCN(CC=O)CC2)cc1NC(=O)c1cccc(C(F)(F)F)n1. The maximum Gasteiger partial charge on any atom is 0.433 e. The number of hydrogen-bond donors (Lipinski definition) is 3. The number of carbonyl (C=O) groups excluding carboxylic acids is 2. The van der Waals surface area contributed by atoms with Gasteiger partial charge in [0.15, 0.2) is 0 Å². The van der Waals surface area contributed by atoms with Crippen molar-refractivity contribution in [2.45, 2.75) is 44.5 Å². The molecule has 1 aromatic carbocycles. The molecule has 0 aliphatic carbocycles. The van der Waals surface area contributed by atoms with E-state index in [1.807, 2.05) is 4.90 Å². The molecule has 8 nitrogen and oxygen atoms in total. The Morgan fingerprint density at radius 2 is 1.97 bits per heavy atom. The molecule has 0 saturated carbocycles. The van der Waals surface area contributed by atoms with Crippen molar-refractivity contribution in [1.29, 1.82) is 0 Å². The Hall–Kier alpha value is -3.31. The minimum atomic E-state index is -4.69. The highest BCUT2D eigenvalue weighted by Crippen LogP contribution is 2.32. The van der Waals surface area contributed by atoms with Crippen molar-refractivity contribution in [1.82, 2.24) is 9.88 Å². The highest BCUT2D eigenvalue weighted by Gasteiger charge is 2.33. The number of pyridine rings is 1. The van der Waals surface area contributed by atoms with Gasteiger partial charge in [0.1, 0.15) is 17.7 Å². The Morgan fingerprint density at radius 1 is 1.29 bits per heavy atom. The fourth-order valence-corrected chi connectivity index (χ4v) is 3.80. The van der Waals surface area contributed by atoms with Crippen LogP contribution in [0.15, 0.2) is 35.3 Å². The first kappa shape index (κ1) is 26.3. The van der Waals surface area contributed by atoms with E-state index >= 15 is 0 Å². The standard InChI is InChI=1S/C24H28F3N5O3/c1-23(2,35)17-13-18(28)15(14-29-16-6-8-32(9-7-16)10-11-33)12-20(17)31-22(34)19-4-3-5-21(30-19)24(25,26)27/h3-5,11-14,16,35H,6-10,28H2,1-2H3,(H,31,34). The van der Waals surface area contributed by atoms with Crippen LogP contribution in [0, 0.1) is 0 Å². The molecular formula is C24H28F3N5O3. The lowest BCUT2D eigenvalue weighted by Crippen LogP contribution is -2.36. The minimum Gasteiger partial charge on any atom is -0.398 e. The number of likely N-dealkylation sites (tertiary alicyclic amines) is 1. The first-order chi connectivity index (χ1) is 16.4. The Labute approximate surface area is 201 Å². The van der Waals surface area contributed by atoms with Gasteiger partial charge in [-0.2, -0.15) is 13.2 Å². The fourth-order valence-electron chi connectivity index (χ4n) is 3.80. The van der Waals surface area contributed by atoms with Crippen LogP contribution in [0.5, 0.6) is 0 Å². The van der Waals surface area contributed by atoms with Crippen LogP contribution < -0.4 is 11.1 Å². The number of nitrogens with two attached hydrogens (primary N) is 1. The normalized spacial score (nSPS) is 15.9. The Kier molecular flexibility index (Phi) is 7.91. The van der Waals surface area contributed by atoms with Crippen LogP contribution in [-0.2, 0) is 16.6 Å². The predicted molar refractivity (Wildman–Crippen MR) is 126 cm³/mol. The monoisotopic (exact) mass is 491 g/mol. The van der Waals surface area contributed by atoms with Gasteiger partial charge in [0, 0.05) is 41.8 Å². The van der Waals surface area contributed by atoms with E-state index in [1.54, 1.807) is 6.21 Å². The molecule has 0 atom stereocenters. The maximum atomic E-state index is 13.0. The topological polar surface area (TPSA) is 121 Å². The van der Waals surface area contributed by atoms with Crippen molar-refractivity contribution in [2.24, 2.45) is 4.99 Å². The summed E-state index contributed by atoms with van der Waals surface area (Å²) in [4.78, 5) is 33.5. The third-order valence-corrected chi connectivity index (χ3v) is 5.72. The van der Waals surface area contributed by atoms with Crippen molar-refractivity contribution in [2.75, 3.05) is 30.7 Å². The zero-order chi connectivity index (χ0) is 25.8. The number of rotatable bonds is 7. The molecule has 1 aliphatic heterocycles. The molecule has 3 rings (SSSR count). The minimum absolute atomic E-state index is 0.0404. The van der Waals surface area contributed by atoms with Crippen LogP contribution in [0.2, 0.25) is 0 Å². The molecule has 0 unspecified atom stereocenters. The molecule has 188 valence electrons. The zero-order valence-electron chi connectivity index (χ0n) is 19.5. The number of alkyl halides is 3. The molecule has 1 aromatic heterocycles. The molecule has 1 saturated heterocycles. The quantitative estimate of drug-likeness (QED) is 0.311. The third kappa shape index (κ3) is 6.86. The molecule has 0 radical (unpaired) electrons. The number of carbonyl (C=O) groups is 2. The van der Waals surface area contributed by atoms with Crippen molar-refractivity contribution in [3.8, 4) is 0 Å². The highest BCUT2D eigenvalue weighted by molar-refractivity contribution is 6.04. The fraction of sp³-hybridized carbons (Fsp3) is 0.417. The van der Waals surface area contributed by atoms with Gasteiger partial charge < -0.3 is 21.0 Å². The summed E-state index contributed by atoms with van der Waals surface area (Å²) in [6.45, 7) is 4.89. The molecule has 1 aliphatic rings. The number of benzene rings is 1. The number of amides is 1. The van der Waals surface area contributed by atoms with E-state index in [9.17, 15) is 27.9 Å². The van der Waals surface area contributed by atoms with Crippen LogP contribution in [0.4, 0.5) is 24.5 Å². The van der Waals surface area contributed by atoms with Crippen molar-refractivity contribution < 1.29 is 27.9 Å². The lowest BCUT2D eigenvalue weighted by molar-refractivity contribution is -0.141. The van der Waals surface area contributed by atoms with E-state index in [0.29, 0.717) is 17.8 Å². The molecule has 0 spiro atoms. The van der Waals surface area contributed by atoms with E-state index in [4.69, 9.17) is 5.73 Å². The van der Waals surface area contributed by atoms with Crippen LogP contribution in [0.3, 0.4) is 0 Å². The second-order valence-electron chi connectivity index (χ2n) is 8.92. The summed E-state index contributed by atoms with van der Waals surface area (Å²) in [7, 11) is 0. The summed E-state index contributed by atoms with van der Waals surface area (Å²) >= 11 is 0. The van der Waals surface area contributed by atoms with Crippen molar-refractivity contribution >= 4 is 29.8 Å². The average Bonchev–Trinajstić information content (AvgIpc) is 2.79. The first-order valence-corrected chi connectivity index (χ1v) is 11.1. The maximum absolute atomic E-state index is 13.0. The number of nitrogens with one attached hydrogen (secondary N) is 1. The lowest BCUT2D eigenvalue weighted by Gasteiger charge is -2.28. The van der Waals surface area contributed by atoms with E-state index in [-0.39, 0.29) is 17.3 Å². The number of halogens is 3. The molecule has 11 heteroatoms. The van der Waals surface area contributed by atoms with Crippen LogP contribution in [-0.4, -0.2) is 59.1 Å². The average molecular weight is 492 g/mol. The van der Waals surface area contributed by atoms with E-state index in [2.05, 4.69) is 15.3 Å². The van der Waals surface area contributed by atoms with Crippen LogP contribution in [0.25, 0.3) is 0 Å². The molecule has 4 N–H and O–H groups in total. The number of anilines is 2. The van der Waals surface area contributed by atoms with E-state index < -0.39 is 29.1 Å². The molecule has 1 amide bonds. The number of nitrogens with zero attached hydrogens (tertiary/aromatic N) is 3. The number of aliphatic imine (C=N–C) groups is 1. The summed E-state index contributed by atoms with van der Waals surface area (Å²) in [5.74, 6) is -0.864.